The molecule has 2 rings (SSSR count). The van der Waals surface area contributed by atoms with Gasteiger partial charge >= 0.3 is 0 Å². The summed E-state index contributed by atoms with van der Waals surface area (Å²) in [4.78, 5) is 13.7. The van der Waals surface area contributed by atoms with Gasteiger partial charge in [0.05, 0.1) is 0 Å². The Hall–Kier alpha value is -1.36. The summed E-state index contributed by atoms with van der Waals surface area (Å²) in [6, 6.07) is 2.00. The molecule has 1 aromatic rings. The minimum atomic E-state index is -0.0144. The fourth-order valence-corrected chi connectivity index (χ4v) is 2.21. The van der Waals surface area contributed by atoms with E-state index in [0.717, 1.165) is 38.5 Å². The van der Waals surface area contributed by atoms with Crippen molar-refractivity contribution in [3.8, 4) is 0 Å². The molecule has 0 spiro atoms. The molecule has 5 nitrogen and oxygen atoms in total. The van der Waals surface area contributed by atoms with Gasteiger partial charge in [0, 0.05) is 37.9 Å². The highest BCUT2D eigenvalue weighted by atomic mass is 15.3. The number of likely N-dealkylation sites (N-methyl/N-ethyl adjacent to an activating group) is 1. The van der Waals surface area contributed by atoms with Crippen molar-refractivity contribution in [3.63, 3.8) is 0 Å². The molecule has 1 aromatic heterocycles. The standard InChI is InChI=1S/C14H25N5/c1-5-18-8-10-19(11-9-18)12-6-7-15-13(16-12)17-14(2,3)4/h6-7H,5,8-11H2,1-4H3,(H,15,16,17). The normalized spacial score (nSPS) is 17.6. The van der Waals surface area contributed by atoms with E-state index >= 15 is 0 Å². The molecule has 19 heavy (non-hydrogen) atoms. The summed E-state index contributed by atoms with van der Waals surface area (Å²) in [6.45, 7) is 14.0. The van der Waals surface area contributed by atoms with Crippen LogP contribution in [-0.2, 0) is 0 Å². The largest absolute Gasteiger partial charge is 0.354 e. The van der Waals surface area contributed by atoms with Crippen LogP contribution in [-0.4, -0.2) is 53.1 Å². The van der Waals surface area contributed by atoms with Gasteiger partial charge in [-0.05, 0) is 33.4 Å². The lowest BCUT2D eigenvalue weighted by atomic mass is 10.1. The van der Waals surface area contributed by atoms with Crippen LogP contribution in [0.15, 0.2) is 12.3 Å². The van der Waals surface area contributed by atoms with E-state index in [2.05, 4.69) is 52.8 Å². The Morgan fingerprint density at radius 2 is 1.89 bits per heavy atom. The minimum Gasteiger partial charge on any atom is -0.354 e. The zero-order chi connectivity index (χ0) is 13.9. The van der Waals surface area contributed by atoms with Gasteiger partial charge in [0.25, 0.3) is 0 Å². The van der Waals surface area contributed by atoms with Crippen molar-refractivity contribution in [2.45, 2.75) is 33.2 Å². The number of nitrogens with one attached hydrogen (secondary N) is 1. The van der Waals surface area contributed by atoms with Crippen LogP contribution in [0.2, 0.25) is 0 Å². The average molecular weight is 263 g/mol. The molecular formula is C14H25N5. The van der Waals surface area contributed by atoms with Gasteiger partial charge in [-0.25, -0.2) is 4.98 Å². The highest BCUT2D eigenvalue weighted by Gasteiger charge is 2.18. The van der Waals surface area contributed by atoms with Crippen molar-refractivity contribution in [1.29, 1.82) is 0 Å². The molecule has 0 radical (unpaired) electrons. The fraction of sp³-hybridized carbons (Fsp3) is 0.714. The van der Waals surface area contributed by atoms with Gasteiger partial charge in [-0.15, -0.1) is 0 Å². The molecule has 1 fully saturated rings. The number of anilines is 2. The first-order valence-corrected chi connectivity index (χ1v) is 7.06. The molecule has 5 heteroatoms. The number of piperazine rings is 1. The van der Waals surface area contributed by atoms with Crippen LogP contribution in [0, 0.1) is 0 Å². The molecule has 106 valence electrons. The van der Waals surface area contributed by atoms with Crippen molar-refractivity contribution in [1.82, 2.24) is 14.9 Å². The molecule has 0 atom stereocenters. The lowest BCUT2D eigenvalue weighted by Crippen LogP contribution is -2.46. The number of rotatable bonds is 3. The van der Waals surface area contributed by atoms with Gasteiger partial charge in [-0.1, -0.05) is 6.92 Å². The molecule has 2 heterocycles. The van der Waals surface area contributed by atoms with Crippen LogP contribution < -0.4 is 10.2 Å². The average Bonchev–Trinajstić information content (AvgIpc) is 2.37. The first-order valence-electron chi connectivity index (χ1n) is 7.06. The maximum atomic E-state index is 4.62. The topological polar surface area (TPSA) is 44.3 Å². The van der Waals surface area contributed by atoms with Crippen molar-refractivity contribution >= 4 is 11.8 Å². The monoisotopic (exact) mass is 263 g/mol. The summed E-state index contributed by atoms with van der Waals surface area (Å²) in [7, 11) is 0. The molecule has 0 saturated carbocycles. The highest BCUT2D eigenvalue weighted by molar-refractivity contribution is 5.43. The summed E-state index contributed by atoms with van der Waals surface area (Å²) >= 11 is 0. The molecule has 0 aliphatic carbocycles. The molecule has 1 N–H and O–H groups in total. The highest BCUT2D eigenvalue weighted by Crippen LogP contribution is 2.16. The fourth-order valence-electron chi connectivity index (χ4n) is 2.21. The summed E-state index contributed by atoms with van der Waals surface area (Å²) in [6.07, 6.45) is 1.84. The third-order valence-electron chi connectivity index (χ3n) is 3.27. The van der Waals surface area contributed by atoms with Gasteiger partial charge in [0.1, 0.15) is 5.82 Å². The van der Waals surface area contributed by atoms with Crippen LogP contribution in [0.5, 0.6) is 0 Å². The predicted molar refractivity (Wildman–Crippen MR) is 79.7 cm³/mol. The smallest absolute Gasteiger partial charge is 0.225 e. The molecule has 1 aliphatic rings. The second-order valence-electron chi connectivity index (χ2n) is 6.03. The third kappa shape index (κ3) is 4.06. The van der Waals surface area contributed by atoms with Crippen LogP contribution >= 0.6 is 0 Å². The van der Waals surface area contributed by atoms with E-state index in [9.17, 15) is 0 Å². The van der Waals surface area contributed by atoms with E-state index in [4.69, 9.17) is 0 Å². The maximum Gasteiger partial charge on any atom is 0.225 e. The van der Waals surface area contributed by atoms with E-state index in [1.165, 1.54) is 0 Å². The first-order chi connectivity index (χ1) is 8.98. The van der Waals surface area contributed by atoms with Crippen LogP contribution in [0.3, 0.4) is 0 Å². The van der Waals surface area contributed by atoms with Crippen LogP contribution in [0.25, 0.3) is 0 Å². The summed E-state index contributed by atoms with van der Waals surface area (Å²) in [5, 5.41) is 3.32. The van der Waals surface area contributed by atoms with Crippen molar-refractivity contribution in [2.75, 3.05) is 42.9 Å². The van der Waals surface area contributed by atoms with Crippen LogP contribution in [0.4, 0.5) is 11.8 Å². The molecule has 1 aliphatic heterocycles. The minimum absolute atomic E-state index is 0.0144. The Labute approximate surface area is 116 Å². The van der Waals surface area contributed by atoms with Crippen molar-refractivity contribution < 1.29 is 0 Å². The maximum absolute atomic E-state index is 4.62. The predicted octanol–water partition coefficient (Wildman–Crippen LogP) is 1.83. The molecule has 0 bridgehead atoms. The number of hydrogen-bond acceptors (Lipinski definition) is 5. The van der Waals surface area contributed by atoms with Gasteiger partial charge < -0.3 is 15.1 Å². The zero-order valence-electron chi connectivity index (χ0n) is 12.5. The second kappa shape index (κ2) is 5.74. The molecule has 0 aromatic carbocycles. The molecule has 1 saturated heterocycles. The SMILES string of the molecule is CCN1CCN(c2ccnc(NC(C)(C)C)n2)CC1. The number of aromatic nitrogens is 2. The Kier molecular flexibility index (Phi) is 4.24. The van der Waals surface area contributed by atoms with E-state index in [1.807, 2.05) is 12.3 Å². The molecular weight excluding hydrogens is 238 g/mol. The quantitative estimate of drug-likeness (QED) is 0.901. The Morgan fingerprint density at radius 3 is 2.47 bits per heavy atom. The molecule has 0 unspecified atom stereocenters. The van der Waals surface area contributed by atoms with Crippen molar-refractivity contribution in [3.05, 3.63) is 12.3 Å². The van der Waals surface area contributed by atoms with Gasteiger partial charge in [-0.2, -0.15) is 4.98 Å². The van der Waals surface area contributed by atoms with E-state index < -0.39 is 0 Å². The van der Waals surface area contributed by atoms with E-state index in [0.29, 0.717) is 5.95 Å². The Morgan fingerprint density at radius 1 is 1.21 bits per heavy atom. The zero-order valence-corrected chi connectivity index (χ0v) is 12.5. The second-order valence-corrected chi connectivity index (χ2v) is 6.03. The third-order valence-corrected chi connectivity index (χ3v) is 3.27. The van der Waals surface area contributed by atoms with E-state index in [1.54, 1.807) is 0 Å². The Balaban J connectivity index is 2.03. The number of nitrogens with zero attached hydrogens (tertiary/aromatic N) is 4. The van der Waals surface area contributed by atoms with Gasteiger partial charge in [0.2, 0.25) is 5.95 Å². The summed E-state index contributed by atoms with van der Waals surface area (Å²) < 4.78 is 0. The van der Waals surface area contributed by atoms with Crippen LogP contribution in [0.1, 0.15) is 27.7 Å². The lowest BCUT2D eigenvalue weighted by molar-refractivity contribution is 0.270. The lowest BCUT2D eigenvalue weighted by Gasteiger charge is -2.34. The molecule has 0 amide bonds. The Bertz CT molecular complexity index is 405. The summed E-state index contributed by atoms with van der Waals surface area (Å²) in [5.74, 6) is 1.74. The van der Waals surface area contributed by atoms with Crippen molar-refractivity contribution in [2.24, 2.45) is 0 Å². The van der Waals surface area contributed by atoms with Gasteiger partial charge in [-0.3, -0.25) is 0 Å². The van der Waals surface area contributed by atoms with E-state index in [-0.39, 0.29) is 5.54 Å². The van der Waals surface area contributed by atoms with Gasteiger partial charge in [0.15, 0.2) is 0 Å². The first kappa shape index (κ1) is 14.1. The number of hydrogen-bond donors (Lipinski definition) is 1. The summed E-state index contributed by atoms with van der Waals surface area (Å²) in [5.41, 5.74) is -0.0144.